The van der Waals surface area contributed by atoms with Gasteiger partial charge in [0.05, 0.1) is 0 Å². The molecule has 6 nitrogen and oxygen atoms in total. The predicted molar refractivity (Wildman–Crippen MR) is 127 cm³/mol. The van der Waals surface area contributed by atoms with Crippen molar-refractivity contribution >= 4 is 17.5 Å². The summed E-state index contributed by atoms with van der Waals surface area (Å²) in [7, 11) is 0. The lowest BCUT2D eigenvalue weighted by atomic mass is 9.76. The summed E-state index contributed by atoms with van der Waals surface area (Å²) in [4.78, 5) is 19.0. The zero-order valence-electron chi connectivity index (χ0n) is 20.5. The summed E-state index contributed by atoms with van der Waals surface area (Å²) in [6.07, 6.45) is 0.926. The lowest BCUT2D eigenvalue weighted by Crippen LogP contribution is -2.50. The second-order valence-corrected chi connectivity index (χ2v) is 9.90. The molecular weight excluding hydrogens is 390 g/mol. The molecule has 0 unspecified atom stereocenters. The third kappa shape index (κ3) is 5.28. The van der Waals surface area contributed by atoms with Crippen LogP contribution >= 0.6 is 0 Å². The molecule has 1 fully saturated rings. The van der Waals surface area contributed by atoms with Crippen LogP contribution in [-0.2, 0) is 9.47 Å². The van der Waals surface area contributed by atoms with Gasteiger partial charge in [0.1, 0.15) is 12.3 Å². The Morgan fingerprint density at radius 1 is 1.10 bits per heavy atom. The Kier molecular flexibility index (Phi) is 7.40. The van der Waals surface area contributed by atoms with Crippen molar-refractivity contribution in [3.05, 3.63) is 23.8 Å². The minimum Gasteiger partial charge on any atom is -0.444 e. The van der Waals surface area contributed by atoms with Crippen LogP contribution in [0.4, 0.5) is 16.2 Å². The van der Waals surface area contributed by atoms with Crippen LogP contribution in [0.25, 0.3) is 0 Å². The number of carbonyl (C=O) groups is 1. The summed E-state index contributed by atoms with van der Waals surface area (Å²) < 4.78 is 11.3. The first-order chi connectivity index (χ1) is 14.7. The van der Waals surface area contributed by atoms with Crippen molar-refractivity contribution in [1.29, 1.82) is 0 Å². The van der Waals surface area contributed by atoms with E-state index in [1.165, 1.54) is 16.9 Å². The highest BCUT2D eigenvalue weighted by Gasteiger charge is 2.36. The maximum absolute atomic E-state index is 12.4. The lowest BCUT2D eigenvalue weighted by molar-refractivity contribution is 0.0240. The molecule has 0 radical (unpaired) electrons. The van der Waals surface area contributed by atoms with E-state index < -0.39 is 5.60 Å². The zero-order chi connectivity index (χ0) is 22.8. The number of ether oxygens (including phenoxy) is 2. The van der Waals surface area contributed by atoms with Crippen molar-refractivity contribution in [1.82, 2.24) is 4.90 Å². The summed E-state index contributed by atoms with van der Waals surface area (Å²) in [6.45, 7) is 19.2. The molecule has 3 rings (SSSR count). The minimum absolute atomic E-state index is 0.210. The number of anilines is 2. The molecule has 0 N–H and O–H groups in total. The Labute approximate surface area is 188 Å². The summed E-state index contributed by atoms with van der Waals surface area (Å²) in [5.74, 6) is 1.11. The molecule has 0 spiro atoms. The quantitative estimate of drug-likeness (QED) is 0.651. The second kappa shape index (κ2) is 9.68. The van der Waals surface area contributed by atoms with Crippen LogP contribution in [0, 0.1) is 5.92 Å². The maximum atomic E-state index is 12.4. The fourth-order valence-corrected chi connectivity index (χ4v) is 4.86. The van der Waals surface area contributed by atoms with Gasteiger partial charge in [0.2, 0.25) is 0 Å². The van der Waals surface area contributed by atoms with Gasteiger partial charge in [-0.05, 0) is 76.6 Å². The van der Waals surface area contributed by atoms with E-state index in [4.69, 9.17) is 9.47 Å². The highest BCUT2D eigenvalue weighted by molar-refractivity contribution is 5.69. The SMILES string of the molecule is CCOCN1c2ccc(N3CCN(C(=O)OC(C)(C)C)CC3)cc2[C@H](CC)[C@@H](C)[C@@H]1C. The van der Waals surface area contributed by atoms with Crippen molar-refractivity contribution in [3.63, 3.8) is 0 Å². The van der Waals surface area contributed by atoms with Gasteiger partial charge >= 0.3 is 6.09 Å². The monoisotopic (exact) mass is 431 g/mol. The van der Waals surface area contributed by atoms with E-state index in [0.717, 1.165) is 26.1 Å². The zero-order valence-corrected chi connectivity index (χ0v) is 20.5. The van der Waals surface area contributed by atoms with Crippen LogP contribution < -0.4 is 9.80 Å². The van der Waals surface area contributed by atoms with Gasteiger partial charge in [0.15, 0.2) is 0 Å². The number of nitrogens with zero attached hydrogens (tertiary/aromatic N) is 3. The average molecular weight is 432 g/mol. The highest BCUT2D eigenvalue weighted by Crippen LogP contribution is 2.45. The van der Waals surface area contributed by atoms with Crippen LogP contribution in [0.2, 0.25) is 0 Å². The van der Waals surface area contributed by atoms with Crippen LogP contribution in [0.5, 0.6) is 0 Å². The molecular formula is C25H41N3O3. The van der Waals surface area contributed by atoms with Crippen LogP contribution in [-0.4, -0.2) is 62.2 Å². The topological polar surface area (TPSA) is 45.2 Å². The van der Waals surface area contributed by atoms with Gasteiger partial charge in [-0.25, -0.2) is 4.79 Å². The Bertz CT molecular complexity index is 753. The molecule has 2 heterocycles. The Morgan fingerprint density at radius 3 is 2.35 bits per heavy atom. The number of carbonyl (C=O) groups excluding carboxylic acids is 1. The van der Waals surface area contributed by atoms with Gasteiger partial charge in [-0.3, -0.25) is 0 Å². The molecule has 1 saturated heterocycles. The predicted octanol–water partition coefficient (Wildman–Crippen LogP) is 5.08. The maximum Gasteiger partial charge on any atom is 0.410 e. The number of fused-ring (bicyclic) bond motifs is 1. The first-order valence-electron chi connectivity index (χ1n) is 11.9. The van der Waals surface area contributed by atoms with E-state index in [0.29, 0.717) is 37.7 Å². The average Bonchev–Trinajstić information content (AvgIpc) is 2.73. The van der Waals surface area contributed by atoms with Crippen LogP contribution in [0.15, 0.2) is 18.2 Å². The molecule has 0 bridgehead atoms. The number of piperazine rings is 1. The molecule has 31 heavy (non-hydrogen) atoms. The van der Waals surface area contributed by atoms with E-state index >= 15 is 0 Å². The molecule has 1 amide bonds. The fourth-order valence-electron chi connectivity index (χ4n) is 4.86. The van der Waals surface area contributed by atoms with Gasteiger partial charge < -0.3 is 24.2 Å². The number of amides is 1. The molecule has 1 aromatic rings. The third-order valence-corrected chi connectivity index (χ3v) is 6.78. The normalized spacial score (nSPS) is 24.2. The number of rotatable bonds is 5. The van der Waals surface area contributed by atoms with E-state index in [9.17, 15) is 4.79 Å². The van der Waals surface area contributed by atoms with Crippen LogP contribution in [0.3, 0.4) is 0 Å². The summed E-state index contributed by atoms with van der Waals surface area (Å²) in [5.41, 5.74) is 3.53. The molecule has 0 aromatic heterocycles. The van der Waals surface area contributed by atoms with Crippen molar-refractivity contribution in [3.8, 4) is 0 Å². The molecule has 2 aliphatic heterocycles. The molecule has 6 heteroatoms. The highest BCUT2D eigenvalue weighted by atomic mass is 16.6. The molecule has 0 aliphatic carbocycles. The molecule has 2 aliphatic rings. The molecule has 1 aromatic carbocycles. The number of hydrogen-bond donors (Lipinski definition) is 0. The van der Waals surface area contributed by atoms with Gasteiger partial charge in [0, 0.05) is 50.2 Å². The van der Waals surface area contributed by atoms with E-state index in [-0.39, 0.29) is 6.09 Å². The van der Waals surface area contributed by atoms with Gasteiger partial charge in [0.25, 0.3) is 0 Å². The summed E-state index contributed by atoms with van der Waals surface area (Å²) in [6, 6.07) is 7.34. The van der Waals surface area contributed by atoms with Gasteiger partial charge in [-0.15, -0.1) is 0 Å². The Morgan fingerprint density at radius 2 is 1.77 bits per heavy atom. The van der Waals surface area contributed by atoms with Crippen LogP contribution in [0.1, 0.15) is 66.4 Å². The lowest BCUT2D eigenvalue weighted by Gasteiger charge is -2.45. The number of hydrogen-bond acceptors (Lipinski definition) is 5. The summed E-state index contributed by atoms with van der Waals surface area (Å²) in [5, 5.41) is 0. The van der Waals surface area contributed by atoms with Gasteiger partial charge in [-0.2, -0.15) is 0 Å². The first kappa shape index (κ1) is 23.7. The van der Waals surface area contributed by atoms with E-state index in [2.05, 4.69) is 48.8 Å². The molecule has 0 saturated carbocycles. The molecule has 174 valence electrons. The Balaban J connectivity index is 1.76. The molecule has 3 atom stereocenters. The van der Waals surface area contributed by atoms with E-state index in [1.807, 2.05) is 32.6 Å². The second-order valence-electron chi connectivity index (χ2n) is 9.90. The standard InChI is InChI=1S/C25H41N3O3/c1-8-21-18(3)19(4)28(17-30-9-2)23-11-10-20(16-22(21)23)26-12-14-27(15-13-26)24(29)31-25(5,6)7/h10-11,16,18-19,21H,8-9,12-15,17H2,1-7H3/t18-,19-,21+/m0/s1. The van der Waals surface area contributed by atoms with Crippen molar-refractivity contribution in [2.24, 2.45) is 5.92 Å². The smallest absolute Gasteiger partial charge is 0.410 e. The Hall–Kier alpha value is -1.95. The first-order valence-corrected chi connectivity index (χ1v) is 11.9. The third-order valence-electron chi connectivity index (χ3n) is 6.78. The van der Waals surface area contributed by atoms with Crippen molar-refractivity contribution in [2.45, 2.75) is 72.4 Å². The van der Waals surface area contributed by atoms with Crippen molar-refractivity contribution < 1.29 is 14.3 Å². The fraction of sp³-hybridized carbons (Fsp3) is 0.720. The van der Waals surface area contributed by atoms with Gasteiger partial charge in [-0.1, -0.05) is 13.8 Å². The number of benzene rings is 1. The van der Waals surface area contributed by atoms with Crippen molar-refractivity contribution in [2.75, 3.05) is 49.3 Å². The summed E-state index contributed by atoms with van der Waals surface area (Å²) >= 11 is 0. The van der Waals surface area contributed by atoms with E-state index in [1.54, 1.807) is 0 Å². The largest absolute Gasteiger partial charge is 0.444 e. The minimum atomic E-state index is -0.455.